The van der Waals surface area contributed by atoms with Crippen molar-refractivity contribution >= 4 is 28.4 Å². The number of methoxy groups -OCH3 is 2. The van der Waals surface area contributed by atoms with Gasteiger partial charge in [-0.1, -0.05) is 12.1 Å². The van der Waals surface area contributed by atoms with Gasteiger partial charge in [0.25, 0.3) is 0 Å². The van der Waals surface area contributed by atoms with Crippen LogP contribution in [0.15, 0.2) is 42.6 Å². The number of rotatable bonds is 9. The number of benzene rings is 2. The molecule has 0 saturated heterocycles. The smallest absolute Gasteiger partial charge is 0.490 e. The highest BCUT2D eigenvalue weighted by Gasteiger charge is 2.38. The monoisotopic (exact) mass is 536 g/mol. The molecule has 1 amide bonds. The average molecular weight is 537 g/mol. The Morgan fingerprint density at radius 3 is 2.11 bits per heavy atom. The molecule has 0 atom stereocenters. The van der Waals surface area contributed by atoms with Crippen LogP contribution in [0, 0.1) is 0 Å². The van der Waals surface area contributed by atoms with Crippen LogP contribution in [0.2, 0.25) is 0 Å². The third kappa shape index (κ3) is 7.82. The van der Waals surface area contributed by atoms with Gasteiger partial charge in [0.05, 0.1) is 20.3 Å². The summed E-state index contributed by atoms with van der Waals surface area (Å²) in [5, 5.41) is 8.49. The van der Waals surface area contributed by atoms with Gasteiger partial charge in [-0.2, -0.15) is 13.2 Å². The normalized spacial score (nSPS) is 10.9. The minimum absolute atomic E-state index is 0.00873. The molecule has 3 N–H and O–H groups in total. The molecule has 0 fully saturated rings. The van der Waals surface area contributed by atoms with E-state index in [4.69, 9.17) is 29.8 Å². The molecule has 38 heavy (non-hydrogen) atoms. The molecule has 1 aromatic heterocycles. The first-order chi connectivity index (χ1) is 17.8. The van der Waals surface area contributed by atoms with E-state index >= 15 is 0 Å². The first-order valence-electron chi connectivity index (χ1n) is 11.2. The number of carboxylic acids is 1. The van der Waals surface area contributed by atoms with Gasteiger partial charge in [-0.05, 0) is 55.5 Å². The number of amides is 1. The number of aliphatic carboxylic acids is 1. The molecule has 0 bridgehead atoms. The number of hydrogen-bond donors (Lipinski definition) is 2. The van der Waals surface area contributed by atoms with E-state index in [-0.39, 0.29) is 24.0 Å². The summed E-state index contributed by atoms with van der Waals surface area (Å²) in [7, 11) is 3.07. The van der Waals surface area contributed by atoms with Crippen LogP contribution in [-0.4, -0.2) is 54.3 Å². The van der Waals surface area contributed by atoms with Crippen LogP contribution < -0.4 is 19.9 Å². The lowest BCUT2D eigenvalue weighted by Crippen LogP contribution is -2.21. The van der Waals surface area contributed by atoms with Crippen molar-refractivity contribution in [3.05, 3.63) is 59.4 Å². The predicted molar refractivity (Wildman–Crippen MR) is 132 cm³/mol. The Kier molecular flexibility index (Phi) is 10.0. The number of aromatic nitrogens is 1. The summed E-state index contributed by atoms with van der Waals surface area (Å²) in [4.78, 5) is 38.0. The lowest BCUT2D eigenvalue weighted by atomic mass is 9.97. The minimum atomic E-state index is -5.08. The van der Waals surface area contributed by atoms with Crippen LogP contribution >= 0.6 is 0 Å². The lowest BCUT2D eigenvalue weighted by Gasteiger charge is -2.15. The van der Waals surface area contributed by atoms with Gasteiger partial charge in [0.1, 0.15) is 11.4 Å². The number of nitrogens with zero attached hydrogens (tertiary/aromatic N) is 1. The van der Waals surface area contributed by atoms with Gasteiger partial charge in [0, 0.05) is 23.6 Å². The largest absolute Gasteiger partial charge is 0.493 e. The molecule has 0 aliphatic rings. The molecular formula is C26H27F3N2O7. The van der Waals surface area contributed by atoms with E-state index < -0.39 is 18.1 Å². The zero-order chi connectivity index (χ0) is 28.6. The third-order valence-electron chi connectivity index (χ3n) is 5.04. The molecule has 0 aliphatic heterocycles. The molecule has 0 spiro atoms. The molecule has 0 saturated carbocycles. The lowest BCUT2D eigenvalue weighted by molar-refractivity contribution is -0.192. The zero-order valence-corrected chi connectivity index (χ0v) is 21.1. The number of aryl methyl sites for hydroxylation is 1. The number of carboxylic acid groups (broad SMARTS) is 1. The highest BCUT2D eigenvalue weighted by Crippen LogP contribution is 2.35. The van der Waals surface area contributed by atoms with Crippen molar-refractivity contribution in [2.75, 3.05) is 14.2 Å². The number of pyridine rings is 1. The van der Waals surface area contributed by atoms with Crippen molar-refractivity contribution in [1.82, 2.24) is 4.98 Å². The Labute approximate surface area is 216 Å². The first kappa shape index (κ1) is 29.9. The van der Waals surface area contributed by atoms with Crippen LogP contribution in [0.4, 0.5) is 13.2 Å². The first-order valence-corrected chi connectivity index (χ1v) is 11.2. The number of ketones is 1. The van der Waals surface area contributed by atoms with E-state index in [0.29, 0.717) is 34.6 Å². The molecule has 12 heteroatoms. The molecule has 0 radical (unpaired) electrons. The number of hydrogen-bond acceptors (Lipinski definition) is 7. The van der Waals surface area contributed by atoms with Crippen LogP contribution in [0.5, 0.6) is 17.2 Å². The van der Waals surface area contributed by atoms with E-state index in [1.165, 1.54) is 7.11 Å². The summed E-state index contributed by atoms with van der Waals surface area (Å²) in [6, 6.07) is 10.5. The Hall–Kier alpha value is -4.35. The molecule has 0 unspecified atom stereocenters. The summed E-state index contributed by atoms with van der Waals surface area (Å²) in [6.07, 6.45) is -2.91. The van der Waals surface area contributed by atoms with Gasteiger partial charge >= 0.3 is 12.1 Å². The Morgan fingerprint density at radius 1 is 1.03 bits per heavy atom. The predicted octanol–water partition coefficient (Wildman–Crippen LogP) is 4.32. The van der Waals surface area contributed by atoms with Crippen molar-refractivity contribution < 1.29 is 46.9 Å². The second kappa shape index (κ2) is 12.7. The summed E-state index contributed by atoms with van der Waals surface area (Å²) in [5.41, 5.74) is 6.86. The SMILES string of the molecule is COc1cc2c(CCC(N)=O)cnc(C(=O)c3cccc(OC(C)C)c3)c2cc1OC.O=C(O)C(F)(F)F. The summed E-state index contributed by atoms with van der Waals surface area (Å²) in [6.45, 7) is 3.85. The number of carbonyl (C=O) groups is 3. The Balaban J connectivity index is 0.000000638. The topological polar surface area (TPSA) is 138 Å². The Bertz CT molecular complexity index is 1320. The van der Waals surface area contributed by atoms with Crippen molar-refractivity contribution in [1.29, 1.82) is 0 Å². The minimum Gasteiger partial charge on any atom is -0.493 e. The fourth-order valence-electron chi connectivity index (χ4n) is 3.38. The van der Waals surface area contributed by atoms with E-state index in [1.807, 2.05) is 19.9 Å². The van der Waals surface area contributed by atoms with Crippen LogP contribution in [-0.2, 0) is 16.0 Å². The number of primary amides is 1. The van der Waals surface area contributed by atoms with Crippen molar-refractivity contribution in [3.8, 4) is 17.2 Å². The van der Waals surface area contributed by atoms with Gasteiger partial charge in [-0.15, -0.1) is 0 Å². The number of ether oxygens (including phenoxy) is 3. The van der Waals surface area contributed by atoms with Crippen molar-refractivity contribution in [2.24, 2.45) is 5.73 Å². The molecule has 1 heterocycles. The summed E-state index contributed by atoms with van der Waals surface area (Å²) in [5.74, 6) is -1.79. The fraction of sp³-hybridized carbons (Fsp3) is 0.308. The standard InChI is InChI=1S/C24H26N2O5.C2HF3O2/c1-14(2)31-17-7-5-6-15(10-17)24(28)23-19-12-21(30-4)20(29-3)11-18(19)16(13-26-23)8-9-22(25)27;3-2(4,5)1(6)7/h5-7,10-14H,8-9H2,1-4H3,(H2,25,27);(H,6,7). The highest BCUT2D eigenvalue weighted by atomic mass is 19.4. The van der Waals surface area contributed by atoms with Gasteiger partial charge in [-0.3, -0.25) is 14.6 Å². The second-order valence-corrected chi connectivity index (χ2v) is 8.18. The van der Waals surface area contributed by atoms with Crippen LogP contribution in [0.3, 0.4) is 0 Å². The van der Waals surface area contributed by atoms with Crippen molar-refractivity contribution in [2.45, 2.75) is 39.0 Å². The molecular weight excluding hydrogens is 509 g/mol. The van der Waals surface area contributed by atoms with E-state index in [0.717, 1.165) is 10.9 Å². The second-order valence-electron chi connectivity index (χ2n) is 8.18. The van der Waals surface area contributed by atoms with Gasteiger partial charge in [0.15, 0.2) is 11.5 Å². The van der Waals surface area contributed by atoms with Crippen LogP contribution in [0.1, 0.15) is 41.9 Å². The fourth-order valence-corrected chi connectivity index (χ4v) is 3.38. The van der Waals surface area contributed by atoms with E-state index in [2.05, 4.69) is 4.98 Å². The molecule has 9 nitrogen and oxygen atoms in total. The third-order valence-corrected chi connectivity index (χ3v) is 5.04. The average Bonchev–Trinajstić information content (AvgIpc) is 2.85. The molecule has 204 valence electrons. The molecule has 2 aromatic carbocycles. The van der Waals surface area contributed by atoms with Gasteiger partial charge in [0.2, 0.25) is 11.7 Å². The zero-order valence-electron chi connectivity index (χ0n) is 21.1. The van der Waals surface area contributed by atoms with E-state index in [9.17, 15) is 22.8 Å². The number of alkyl halides is 3. The molecule has 0 aliphatic carbocycles. The summed E-state index contributed by atoms with van der Waals surface area (Å²) < 4.78 is 48.3. The highest BCUT2D eigenvalue weighted by molar-refractivity contribution is 6.15. The number of halogens is 3. The summed E-state index contributed by atoms with van der Waals surface area (Å²) >= 11 is 0. The van der Waals surface area contributed by atoms with Crippen molar-refractivity contribution in [3.63, 3.8) is 0 Å². The number of carbonyl (C=O) groups excluding carboxylic acids is 2. The molecule has 3 rings (SSSR count). The van der Waals surface area contributed by atoms with Crippen LogP contribution in [0.25, 0.3) is 10.8 Å². The number of nitrogens with two attached hydrogens (primary N) is 1. The quantitative estimate of drug-likeness (QED) is 0.386. The number of fused-ring (bicyclic) bond motifs is 1. The maximum atomic E-state index is 13.4. The maximum absolute atomic E-state index is 13.4. The van der Waals surface area contributed by atoms with Gasteiger partial charge in [-0.25, -0.2) is 4.79 Å². The van der Waals surface area contributed by atoms with E-state index in [1.54, 1.807) is 43.6 Å². The van der Waals surface area contributed by atoms with Gasteiger partial charge < -0.3 is 25.1 Å². The molecule has 3 aromatic rings. The maximum Gasteiger partial charge on any atom is 0.490 e. The Morgan fingerprint density at radius 2 is 1.61 bits per heavy atom.